The Hall–Kier alpha value is -2.52. The summed E-state index contributed by atoms with van der Waals surface area (Å²) in [6, 6.07) is 5.37. The number of rotatable bonds is 1. The van der Waals surface area contributed by atoms with Crippen LogP contribution in [0, 0.1) is 11.3 Å². The van der Waals surface area contributed by atoms with Gasteiger partial charge in [0.1, 0.15) is 16.9 Å². The van der Waals surface area contributed by atoms with Crippen molar-refractivity contribution >= 4 is 17.2 Å². The van der Waals surface area contributed by atoms with Gasteiger partial charge in [-0.25, -0.2) is 0 Å². The van der Waals surface area contributed by atoms with E-state index in [-0.39, 0.29) is 0 Å². The maximum Gasteiger partial charge on any atom is 0.188 e. The summed E-state index contributed by atoms with van der Waals surface area (Å²) in [6.07, 6.45) is 4.54. The van der Waals surface area contributed by atoms with E-state index in [4.69, 9.17) is 16.9 Å². The van der Waals surface area contributed by atoms with Crippen LogP contribution in [-0.2, 0) is 0 Å². The maximum absolute atomic E-state index is 8.72. The van der Waals surface area contributed by atoms with Crippen molar-refractivity contribution in [1.29, 1.82) is 5.26 Å². The zero-order chi connectivity index (χ0) is 12.5. The number of nitrogens with zero attached hydrogens (tertiary/aromatic N) is 6. The smallest absolute Gasteiger partial charge is 0.188 e. The fourth-order valence-electron chi connectivity index (χ4n) is 1.57. The van der Waals surface area contributed by atoms with Crippen molar-refractivity contribution in [2.75, 3.05) is 0 Å². The van der Waals surface area contributed by atoms with Crippen molar-refractivity contribution < 1.29 is 0 Å². The highest BCUT2D eigenvalue weighted by atomic mass is 35.5. The van der Waals surface area contributed by atoms with Gasteiger partial charge in [-0.3, -0.25) is 14.4 Å². The van der Waals surface area contributed by atoms with Gasteiger partial charge in [-0.1, -0.05) is 11.6 Å². The average molecular weight is 257 g/mol. The molecule has 0 spiro atoms. The largest absolute Gasteiger partial charge is 0.261 e. The molecule has 0 saturated heterocycles. The van der Waals surface area contributed by atoms with Crippen LogP contribution in [0.2, 0.25) is 5.15 Å². The number of nitriles is 1. The summed E-state index contributed by atoms with van der Waals surface area (Å²) < 4.78 is 1.64. The van der Waals surface area contributed by atoms with Gasteiger partial charge in [-0.2, -0.15) is 5.26 Å². The number of hydrogen-bond donors (Lipinski definition) is 0. The molecule has 3 aromatic heterocycles. The van der Waals surface area contributed by atoms with Crippen molar-refractivity contribution in [2.24, 2.45) is 0 Å². The minimum absolute atomic E-state index is 0.402. The third-order valence-electron chi connectivity index (χ3n) is 2.39. The minimum Gasteiger partial charge on any atom is -0.261 e. The maximum atomic E-state index is 8.72. The second-order valence-electron chi connectivity index (χ2n) is 3.49. The first-order chi connectivity index (χ1) is 8.79. The molecule has 18 heavy (non-hydrogen) atoms. The van der Waals surface area contributed by atoms with Crippen LogP contribution in [0.15, 0.2) is 30.7 Å². The second kappa shape index (κ2) is 4.05. The highest BCUT2D eigenvalue weighted by Gasteiger charge is 2.11. The molecule has 7 heteroatoms. The zero-order valence-electron chi connectivity index (χ0n) is 8.95. The van der Waals surface area contributed by atoms with Gasteiger partial charge in [0.05, 0.1) is 18.0 Å². The number of pyridine rings is 1. The third-order valence-corrected chi connectivity index (χ3v) is 2.66. The number of hydrogen-bond acceptors (Lipinski definition) is 5. The molecule has 0 amide bonds. The van der Waals surface area contributed by atoms with Crippen LogP contribution in [0.3, 0.4) is 0 Å². The van der Waals surface area contributed by atoms with Crippen LogP contribution in [0.5, 0.6) is 0 Å². The second-order valence-corrected chi connectivity index (χ2v) is 3.88. The molecule has 0 aliphatic rings. The average Bonchev–Trinajstić information content (AvgIpc) is 2.84. The van der Waals surface area contributed by atoms with Crippen molar-refractivity contribution in [1.82, 2.24) is 24.6 Å². The van der Waals surface area contributed by atoms with Gasteiger partial charge in [-0.15, -0.1) is 10.2 Å². The summed E-state index contributed by atoms with van der Waals surface area (Å²) in [7, 11) is 0. The van der Waals surface area contributed by atoms with Gasteiger partial charge in [0.15, 0.2) is 11.5 Å². The van der Waals surface area contributed by atoms with Crippen molar-refractivity contribution in [3.05, 3.63) is 41.4 Å². The molecule has 0 radical (unpaired) electrons. The molecular weight excluding hydrogens is 252 g/mol. The van der Waals surface area contributed by atoms with Gasteiger partial charge in [0, 0.05) is 6.20 Å². The molecule has 3 rings (SSSR count). The number of aromatic nitrogens is 5. The predicted octanol–water partition coefficient (Wildman–Crippen LogP) is 1.71. The normalized spacial score (nSPS) is 10.4. The van der Waals surface area contributed by atoms with E-state index in [0.717, 1.165) is 0 Å². The van der Waals surface area contributed by atoms with Crippen LogP contribution in [0.25, 0.3) is 17.2 Å². The van der Waals surface area contributed by atoms with Crippen LogP contribution in [-0.4, -0.2) is 24.6 Å². The molecular formula is C11H5ClN6. The van der Waals surface area contributed by atoms with Crippen molar-refractivity contribution in [3.8, 4) is 17.6 Å². The van der Waals surface area contributed by atoms with E-state index < -0.39 is 0 Å². The van der Waals surface area contributed by atoms with Crippen LogP contribution in [0.1, 0.15) is 5.56 Å². The first kappa shape index (κ1) is 10.6. The lowest BCUT2D eigenvalue weighted by molar-refractivity contribution is 1.08. The van der Waals surface area contributed by atoms with Gasteiger partial charge in [0.2, 0.25) is 0 Å². The first-order valence-electron chi connectivity index (χ1n) is 5.01. The first-order valence-corrected chi connectivity index (χ1v) is 5.38. The fraction of sp³-hybridized carbons (Fsp3) is 0. The summed E-state index contributed by atoms with van der Waals surface area (Å²) in [6.45, 7) is 0. The van der Waals surface area contributed by atoms with E-state index in [1.54, 1.807) is 22.7 Å². The Bertz CT molecular complexity index is 755. The topological polar surface area (TPSA) is 79.8 Å². The van der Waals surface area contributed by atoms with Crippen LogP contribution < -0.4 is 0 Å². The lowest BCUT2D eigenvalue weighted by Gasteiger charge is -2.00. The summed E-state index contributed by atoms with van der Waals surface area (Å²) in [5, 5.41) is 17.1. The minimum atomic E-state index is 0.402. The van der Waals surface area contributed by atoms with E-state index in [1.165, 1.54) is 12.4 Å². The lowest BCUT2D eigenvalue weighted by Crippen LogP contribution is -1.94. The Balaban J connectivity index is 2.22. The highest BCUT2D eigenvalue weighted by molar-refractivity contribution is 6.29. The molecule has 3 heterocycles. The van der Waals surface area contributed by atoms with E-state index in [2.05, 4.69) is 20.2 Å². The quantitative estimate of drug-likeness (QED) is 0.662. The number of fused-ring (bicyclic) bond motifs is 1. The summed E-state index contributed by atoms with van der Waals surface area (Å²) in [5.74, 6) is 0.516. The SMILES string of the molecule is N#Cc1ccc(-c2nnc3cncc(Cl)n23)nc1. The van der Waals surface area contributed by atoms with E-state index in [9.17, 15) is 0 Å². The zero-order valence-corrected chi connectivity index (χ0v) is 9.70. The molecule has 6 nitrogen and oxygen atoms in total. The van der Waals surface area contributed by atoms with Gasteiger partial charge in [0.25, 0.3) is 0 Å². The molecule has 0 saturated carbocycles. The predicted molar refractivity (Wildman–Crippen MR) is 63.7 cm³/mol. The molecule has 0 bridgehead atoms. The standard InChI is InChI=1S/C11H5ClN6/c12-9-5-14-6-10-16-17-11(18(9)10)8-2-1-7(3-13)4-15-8/h1-2,4-6H. The number of halogens is 1. The Morgan fingerprint density at radius 1 is 1.17 bits per heavy atom. The molecule has 0 atom stereocenters. The molecule has 0 aromatic carbocycles. The molecule has 86 valence electrons. The molecule has 0 N–H and O–H groups in total. The Morgan fingerprint density at radius 2 is 2.06 bits per heavy atom. The summed E-state index contributed by atoms with van der Waals surface area (Å²) in [4.78, 5) is 8.09. The van der Waals surface area contributed by atoms with Crippen molar-refractivity contribution in [2.45, 2.75) is 0 Å². The third kappa shape index (κ3) is 1.58. The Labute approximate surface area is 107 Å². The fourth-order valence-corrected chi connectivity index (χ4v) is 1.79. The molecule has 3 aromatic rings. The van der Waals surface area contributed by atoms with E-state index in [1.807, 2.05) is 6.07 Å². The van der Waals surface area contributed by atoms with E-state index >= 15 is 0 Å². The van der Waals surface area contributed by atoms with Crippen molar-refractivity contribution in [3.63, 3.8) is 0 Å². The van der Waals surface area contributed by atoms with Crippen LogP contribution >= 0.6 is 11.6 Å². The van der Waals surface area contributed by atoms with Crippen LogP contribution in [0.4, 0.5) is 0 Å². The van der Waals surface area contributed by atoms with E-state index in [0.29, 0.717) is 27.9 Å². The molecule has 0 unspecified atom stereocenters. The molecule has 0 aliphatic heterocycles. The Kier molecular flexibility index (Phi) is 2.39. The Morgan fingerprint density at radius 3 is 2.78 bits per heavy atom. The molecule has 0 aliphatic carbocycles. The summed E-state index contributed by atoms with van der Waals surface area (Å²) >= 11 is 6.05. The van der Waals surface area contributed by atoms with Gasteiger partial charge in [-0.05, 0) is 12.1 Å². The monoisotopic (exact) mass is 256 g/mol. The highest BCUT2D eigenvalue weighted by Crippen LogP contribution is 2.19. The van der Waals surface area contributed by atoms with Gasteiger partial charge < -0.3 is 0 Å². The lowest BCUT2D eigenvalue weighted by atomic mass is 10.2. The van der Waals surface area contributed by atoms with Gasteiger partial charge >= 0.3 is 0 Å². The molecule has 0 fully saturated rings. The summed E-state index contributed by atoms with van der Waals surface area (Å²) in [5.41, 5.74) is 1.62.